The molecule has 3 aromatic carbocycles. The molecule has 1 aliphatic heterocycles. The number of aryl methyl sites for hydroxylation is 1. The Hall–Kier alpha value is -3.66. The first-order valence-electron chi connectivity index (χ1n) is 8.53. The third-order valence-corrected chi connectivity index (χ3v) is 4.34. The van der Waals surface area contributed by atoms with Crippen LogP contribution in [0.5, 0.6) is 11.5 Å². The summed E-state index contributed by atoms with van der Waals surface area (Å²) in [5.74, 6) is 0.321. The summed E-state index contributed by atoms with van der Waals surface area (Å²) >= 11 is 0. The standard InChI is InChI=1S/C23H16O4/c1-15-7-5-6-10-17(15)13-21-22(24)19-12-11-18(14-20(19)27-21)26-23(25)16-8-3-2-4-9-16/h2-14H,1H3. The Kier molecular flexibility index (Phi) is 4.30. The molecule has 0 saturated carbocycles. The highest BCUT2D eigenvalue weighted by Crippen LogP contribution is 2.35. The van der Waals surface area contributed by atoms with Gasteiger partial charge >= 0.3 is 5.97 Å². The molecule has 0 aliphatic carbocycles. The second kappa shape index (κ2) is 6.92. The summed E-state index contributed by atoms with van der Waals surface area (Å²) in [4.78, 5) is 24.7. The van der Waals surface area contributed by atoms with E-state index in [1.54, 1.807) is 48.5 Å². The van der Waals surface area contributed by atoms with Crippen molar-refractivity contribution in [3.63, 3.8) is 0 Å². The fraction of sp³-hybridized carbons (Fsp3) is 0.0435. The van der Waals surface area contributed by atoms with E-state index in [-0.39, 0.29) is 11.5 Å². The number of carbonyl (C=O) groups excluding carboxylic acids is 2. The summed E-state index contributed by atoms with van der Waals surface area (Å²) in [6.45, 7) is 1.97. The van der Waals surface area contributed by atoms with Gasteiger partial charge in [0, 0.05) is 6.07 Å². The normalized spacial score (nSPS) is 14.0. The van der Waals surface area contributed by atoms with Crippen molar-refractivity contribution in [2.24, 2.45) is 0 Å². The van der Waals surface area contributed by atoms with Crippen molar-refractivity contribution >= 4 is 17.8 Å². The number of hydrogen-bond acceptors (Lipinski definition) is 4. The number of ether oxygens (including phenoxy) is 2. The smallest absolute Gasteiger partial charge is 0.343 e. The van der Waals surface area contributed by atoms with Gasteiger partial charge in [0.05, 0.1) is 11.1 Å². The molecule has 3 aromatic rings. The van der Waals surface area contributed by atoms with Crippen molar-refractivity contribution in [2.45, 2.75) is 6.92 Å². The number of esters is 1. The monoisotopic (exact) mass is 356 g/mol. The molecule has 132 valence electrons. The highest BCUT2D eigenvalue weighted by Gasteiger charge is 2.28. The molecule has 1 heterocycles. The Bertz CT molecular complexity index is 1060. The lowest BCUT2D eigenvalue weighted by molar-refractivity contribution is 0.0734. The van der Waals surface area contributed by atoms with Gasteiger partial charge in [0.1, 0.15) is 11.5 Å². The van der Waals surface area contributed by atoms with Crippen LogP contribution in [0.25, 0.3) is 6.08 Å². The molecule has 4 rings (SSSR count). The molecule has 0 unspecified atom stereocenters. The Balaban J connectivity index is 1.58. The van der Waals surface area contributed by atoms with E-state index in [1.807, 2.05) is 37.3 Å². The number of ketones is 1. The van der Waals surface area contributed by atoms with E-state index in [4.69, 9.17) is 9.47 Å². The first-order valence-corrected chi connectivity index (χ1v) is 8.53. The molecule has 0 amide bonds. The zero-order valence-electron chi connectivity index (χ0n) is 14.6. The highest BCUT2D eigenvalue weighted by atomic mass is 16.5. The van der Waals surface area contributed by atoms with Crippen molar-refractivity contribution in [1.82, 2.24) is 0 Å². The number of carbonyl (C=O) groups is 2. The first-order chi connectivity index (χ1) is 13.1. The molecule has 0 saturated heterocycles. The maximum atomic E-state index is 12.6. The number of rotatable bonds is 3. The van der Waals surface area contributed by atoms with Crippen molar-refractivity contribution in [2.75, 3.05) is 0 Å². The van der Waals surface area contributed by atoms with Gasteiger partial charge in [-0.15, -0.1) is 0 Å². The number of allylic oxidation sites excluding steroid dienone is 1. The Morgan fingerprint density at radius 2 is 1.70 bits per heavy atom. The van der Waals surface area contributed by atoms with Gasteiger partial charge in [-0.25, -0.2) is 4.79 Å². The summed E-state index contributed by atoms with van der Waals surface area (Å²) in [6, 6.07) is 21.2. The van der Waals surface area contributed by atoms with Gasteiger partial charge in [0.2, 0.25) is 5.78 Å². The number of Topliss-reactive ketones (excluding diaryl/α,β-unsaturated/α-hetero) is 1. The minimum Gasteiger partial charge on any atom is -0.452 e. The maximum absolute atomic E-state index is 12.6. The van der Waals surface area contributed by atoms with Gasteiger partial charge in [0.25, 0.3) is 0 Å². The molecular formula is C23H16O4. The zero-order chi connectivity index (χ0) is 18.8. The molecule has 0 radical (unpaired) electrons. The van der Waals surface area contributed by atoms with Crippen LogP contribution >= 0.6 is 0 Å². The van der Waals surface area contributed by atoms with E-state index >= 15 is 0 Å². The van der Waals surface area contributed by atoms with Crippen molar-refractivity contribution in [3.8, 4) is 11.5 Å². The molecule has 4 heteroatoms. The van der Waals surface area contributed by atoms with Gasteiger partial charge in [0.15, 0.2) is 5.76 Å². The molecular weight excluding hydrogens is 340 g/mol. The fourth-order valence-corrected chi connectivity index (χ4v) is 2.86. The van der Waals surface area contributed by atoms with Crippen LogP contribution in [0, 0.1) is 6.92 Å². The van der Waals surface area contributed by atoms with Crippen LogP contribution in [-0.2, 0) is 0 Å². The lowest BCUT2D eigenvalue weighted by atomic mass is 10.1. The molecule has 0 N–H and O–H groups in total. The van der Waals surface area contributed by atoms with Gasteiger partial charge in [-0.1, -0.05) is 42.5 Å². The quantitative estimate of drug-likeness (QED) is 0.383. The van der Waals surface area contributed by atoms with Crippen LogP contribution in [0.3, 0.4) is 0 Å². The van der Waals surface area contributed by atoms with Gasteiger partial charge in [-0.2, -0.15) is 0 Å². The predicted molar refractivity (Wildman–Crippen MR) is 102 cm³/mol. The number of hydrogen-bond donors (Lipinski definition) is 0. The first kappa shape index (κ1) is 16.8. The maximum Gasteiger partial charge on any atom is 0.343 e. The lowest BCUT2D eigenvalue weighted by Crippen LogP contribution is -2.08. The molecule has 0 atom stereocenters. The lowest BCUT2D eigenvalue weighted by Gasteiger charge is -2.05. The third-order valence-electron chi connectivity index (χ3n) is 4.34. The third kappa shape index (κ3) is 3.37. The van der Waals surface area contributed by atoms with Crippen LogP contribution < -0.4 is 9.47 Å². The average molecular weight is 356 g/mol. The Morgan fingerprint density at radius 3 is 2.48 bits per heavy atom. The minimum absolute atomic E-state index is 0.186. The van der Waals surface area contributed by atoms with Crippen molar-refractivity contribution in [1.29, 1.82) is 0 Å². The zero-order valence-corrected chi connectivity index (χ0v) is 14.6. The van der Waals surface area contributed by atoms with Crippen LogP contribution in [0.15, 0.2) is 78.6 Å². The second-order valence-electron chi connectivity index (χ2n) is 6.21. The molecule has 27 heavy (non-hydrogen) atoms. The van der Waals surface area contributed by atoms with E-state index in [2.05, 4.69) is 0 Å². The Labute approximate surface area is 156 Å². The fourth-order valence-electron chi connectivity index (χ4n) is 2.86. The average Bonchev–Trinajstić information content (AvgIpc) is 2.99. The van der Waals surface area contributed by atoms with E-state index in [1.165, 1.54) is 0 Å². The topological polar surface area (TPSA) is 52.6 Å². The van der Waals surface area contributed by atoms with Crippen molar-refractivity contribution in [3.05, 3.63) is 101 Å². The SMILES string of the molecule is Cc1ccccc1C=C1Oc2cc(OC(=O)c3ccccc3)ccc2C1=O. The summed E-state index contributed by atoms with van der Waals surface area (Å²) < 4.78 is 11.1. The van der Waals surface area contributed by atoms with Gasteiger partial charge in [-0.3, -0.25) is 4.79 Å². The van der Waals surface area contributed by atoms with E-state index < -0.39 is 5.97 Å². The second-order valence-corrected chi connectivity index (χ2v) is 6.21. The molecule has 0 bridgehead atoms. The van der Waals surface area contributed by atoms with Gasteiger partial charge < -0.3 is 9.47 Å². The number of benzene rings is 3. The van der Waals surface area contributed by atoms with Gasteiger partial charge in [-0.05, 0) is 48.4 Å². The number of fused-ring (bicyclic) bond motifs is 1. The van der Waals surface area contributed by atoms with Crippen LogP contribution in [-0.4, -0.2) is 11.8 Å². The minimum atomic E-state index is -0.462. The Morgan fingerprint density at radius 1 is 0.963 bits per heavy atom. The highest BCUT2D eigenvalue weighted by molar-refractivity contribution is 6.14. The summed E-state index contributed by atoms with van der Waals surface area (Å²) in [5, 5.41) is 0. The molecule has 0 spiro atoms. The molecule has 4 nitrogen and oxygen atoms in total. The summed E-state index contributed by atoms with van der Waals surface area (Å²) in [7, 11) is 0. The molecule has 0 fully saturated rings. The van der Waals surface area contributed by atoms with Crippen LogP contribution in [0.4, 0.5) is 0 Å². The van der Waals surface area contributed by atoms with E-state index in [0.29, 0.717) is 22.6 Å². The molecule has 0 aromatic heterocycles. The molecule has 1 aliphatic rings. The predicted octanol–water partition coefficient (Wildman–Crippen LogP) is 4.83. The largest absolute Gasteiger partial charge is 0.452 e. The van der Waals surface area contributed by atoms with Crippen LogP contribution in [0.1, 0.15) is 31.8 Å². The van der Waals surface area contributed by atoms with Crippen LogP contribution in [0.2, 0.25) is 0 Å². The van der Waals surface area contributed by atoms with E-state index in [9.17, 15) is 9.59 Å². The van der Waals surface area contributed by atoms with E-state index in [0.717, 1.165) is 11.1 Å². The van der Waals surface area contributed by atoms with Crippen molar-refractivity contribution < 1.29 is 19.1 Å². The summed E-state index contributed by atoms with van der Waals surface area (Å²) in [6.07, 6.45) is 1.73. The summed E-state index contributed by atoms with van der Waals surface area (Å²) in [5.41, 5.74) is 2.88.